The third-order valence-corrected chi connectivity index (χ3v) is 6.00. The molecule has 5 nitrogen and oxygen atoms in total. The number of nitrogens with zero attached hydrogens (tertiary/aromatic N) is 2. The van der Waals surface area contributed by atoms with Gasteiger partial charge in [0.1, 0.15) is 9.88 Å². The van der Waals surface area contributed by atoms with E-state index >= 15 is 0 Å². The number of hydrogen-bond donors (Lipinski definition) is 1. The quantitative estimate of drug-likeness (QED) is 0.859. The van der Waals surface area contributed by atoms with Crippen molar-refractivity contribution in [2.45, 2.75) is 50.1 Å². The van der Waals surface area contributed by atoms with Crippen molar-refractivity contribution in [2.75, 3.05) is 0 Å². The number of pyridine rings is 1. The molecule has 7 heteroatoms. The minimum atomic E-state index is -3.52. The Morgan fingerprint density at radius 2 is 1.95 bits per heavy atom. The molecule has 2 unspecified atom stereocenters. The summed E-state index contributed by atoms with van der Waals surface area (Å²) >= 11 is 4.82. The summed E-state index contributed by atoms with van der Waals surface area (Å²) in [6.45, 7) is 3.90. The molecule has 0 saturated carbocycles. The van der Waals surface area contributed by atoms with Crippen molar-refractivity contribution in [3.05, 3.63) is 24.0 Å². The Labute approximate surface area is 125 Å². The molecule has 0 aliphatic carbocycles. The summed E-state index contributed by atoms with van der Waals surface area (Å²) in [4.78, 5) is 4.37. The van der Waals surface area contributed by atoms with Gasteiger partial charge in [0.2, 0.25) is 10.0 Å². The van der Waals surface area contributed by atoms with Gasteiger partial charge in [-0.15, -0.1) is 0 Å². The average Bonchev–Trinajstić information content (AvgIpc) is 2.38. The van der Waals surface area contributed by atoms with E-state index in [-0.39, 0.29) is 22.0 Å². The maximum atomic E-state index is 12.7. The fraction of sp³-hybridized carbons (Fsp3) is 0.538. The highest BCUT2D eigenvalue weighted by atomic mass is 32.2. The highest BCUT2D eigenvalue weighted by molar-refractivity contribution is 7.89. The molecule has 2 heterocycles. The van der Waals surface area contributed by atoms with E-state index in [0.29, 0.717) is 5.69 Å². The average molecular weight is 313 g/mol. The molecule has 0 bridgehead atoms. The summed E-state index contributed by atoms with van der Waals surface area (Å²) in [7, 11) is -3.52. The summed E-state index contributed by atoms with van der Waals surface area (Å²) in [6.07, 6.45) is 4.18. The lowest BCUT2D eigenvalue weighted by Gasteiger charge is -2.37. The molecule has 0 radical (unpaired) electrons. The van der Waals surface area contributed by atoms with Gasteiger partial charge in [0.05, 0.1) is 5.69 Å². The second-order valence-electron chi connectivity index (χ2n) is 5.21. The van der Waals surface area contributed by atoms with Gasteiger partial charge in [-0.25, -0.2) is 8.42 Å². The minimum absolute atomic E-state index is 0.0130. The Morgan fingerprint density at radius 1 is 1.35 bits per heavy atom. The molecule has 2 rings (SSSR count). The molecular formula is C13H19N3O2S2. The number of aromatic nitrogens is 1. The van der Waals surface area contributed by atoms with E-state index in [0.717, 1.165) is 19.3 Å². The second kappa shape index (κ2) is 5.75. The molecule has 0 aromatic carbocycles. The third-order valence-electron chi connectivity index (χ3n) is 3.68. The molecule has 1 aromatic heterocycles. The van der Waals surface area contributed by atoms with Crippen LogP contribution in [0.25, 0.3) is 0 Å². The number of nitrogens with two attached hydrogens (primary N) is 1. The van der Waals surface area contributed by atoms with Gasteiger partial charge >= 0.3 is 0 Å². The van der Waals surface area contributed by atoms with Crippen molar-refractivity contribution in [3.8, 4) is 0 Å². The maximum absolute atomic E-state index is 12.7. The number of sulfonamides is 1. The van der Waals surface area contributed by atoms with Crippen molar-refractivity contribution in [1.29, 1.82) is 0 Å². The molecule has 0 spiro atoms. The van der Waals surface area contributed by atoms with E-state index in [1.54, 1.807) is 10.4 Å². The zero-order valence-electron chi connectivity index (χ0n) is 11.6. The molecule has 2 atom stereocenters. The second-order valence-corrected chi connectivity index (χ2v) is 7.49. The highest BCUT2D eigenvalue weighted by Gasteiger charge is 2.35. The molecular weight excluding hydrogens is 294 g/mol. The van der Waals surface area contributed by atoms with Crippen LogP contribution in [0.3, 0.4) is 0 Å². The Balaban J connectivity index is 2.36. The molecule has 0 amide bonds. The Bertz CT molecular complexity index is 589. The predicted octanol–water partition coefficient (Wildman–Crippen LogP) is 1.67. The summed E-state index contributed by atoms with van der Waals surface area (Å²) < 4.78 is 27.0. The zero-order chi connectivity index (χ0) is 14.9. The summed E-state index contributed by atoms with van der Waals surface area (Å²) in [5.41, 5.74) is 5.90. The van der Waals surface area contributed by atoms with E-state index in [2.05, 4.69) is 4.98 Å². The monoisotopic (exact) mass is 313 g/mol. The normalized spacial score (nSPS) is 24.5. The lowest BCUT2D eigenvalue weighted by molar-refractivity contribution is 0.204. The standard InChI is InChI=1S/C13H19N3O2S2/c1-9-4-3-5-10(2)16(9)20(17,18)11-6-7-12(13(14)19)15-8-11/h6-10H,3-5H2,1-2H3,(H2,14,19). The van der Waals surface area contributed by atoms with Gasteiger partial charge in [-0.3, -0.25) is 4.98 Å². The van der Waals surface area contributed by atoms with E-state index in [9.17, 15) is 8.42 Å². The lowest BCUT2D eigenvalue weighted by atomic mass is 10.0. The first-order valence-corrected chi connectivity index (χ1v) is 8.48. The van der Waals surface area contributed by atoms with E-state index < -0.39 is 10.0 Å². The highest BCUT2D eigenvalue weighted by Crippen LogP contribution is 2.29. The molecule has 110 valence electrons. The first-order valence-electron chi connectivity index (χ1n) is 6.63. The van der Waals surface area contributed by atoms with Crippen LogP contribution >= 0.6 is 12.2 Å². The lowest BCUT2D eigenvalue weighted by Crippen LogP contribution is -2.47. The number of rotatable bonds is 3. The fourth-order valence-corrected chi connectivity index (χ4v) is 4.62. The largest absolute Gasteiger partial charge is 0.388 e. The Hall–Kier alpha value is -1.05. The molecule has 1 saturated heterocycles. The Kier molecular flexibility index (Phi) is 4.41. The van der Waals surface area contributed by atoms with Crippen LogP contribution in [0.4, 0.5) is 0 Å². The summed E-state index contributed by atoms with van der Waals surface area (Å²) in [6, 6.07) is 3.09. The van der Waals surface area contributed by atoms with Gasteiger partial charge in [-0.1, -0.05) is 18.6 Å². The molecule has 1 fully saturated rings. The van der Waals surface area contributed by atoms with Crippen LogP contribution in [-0.4, -0.2) is 34.8 Å². The van der Waals surface area contributed by atoms with Crippen molar-refractivity contribution in [2.24, 2.45) is 5.73 Å². The first-order chi connectivity index (χ1) is 9.34. The molecule has 1 aliphatic heterocycles. The third kappa shape index (κ3) is 2.84. The van der Waals surface area contributed by atoms with Crippen LogP contribution in [0.2, 0.25) is 0 Å². The van der Waals surface area contributed by atoms with Gasteiger partial charge < -0.3 is 5.73 Å². The van der Waals surface area contributed by atoms with Crippen LogP contribution < -0.4 is 5.73 Å². The number of piperidine rings is 1. The van der Waals surface area contributed by atoms with Gasteiger partial charge in [-0.05, 0) is 38.8 Å². The van der Waals surface area contributed by atoms with Crippen LogP contribution in [0.15, 0.2) is 23.2 Å². The van der Waals surface area contributed by atoms with Crippen LogP contribution in [0.1, 0.15) is 38.8 Å². The van der Waals surface area contributed by atoms with Gasteiger partial charge in [0, 0.05) is 18.3 Å². The Morgan fingerprint density at radius 3 is 2.40 bits per heavy atom. The molecule has 2 N–H and O–H groups in total. The van der Waals surface area contributed by atoms with Crippen molar-refractivity contribution >= 4 is 27.2 Å². The predicted molar refractivity (Wildman–Crippen MR) is 81.9 cm³/mol. The van der Waals surface area contributed by atoms with Crippen molar-refractivity contribution in [1.82, 2.24) is 9.29 Å². The van der Waals surface area contributed by atoms with E-state index in [1.165, 1.54) is 12.3 Å². The van der Waals surface area contributed by atoms with Crippen LogP contribution in [0.5, 0.6) is 0 Å². The van der Waals surface area contributed by atoms with Gasteiger partial charge in [0.25, 0.3) is 0 Å². The molecule has 1 aliphatic rings. The maximum Gasteiger partial charge on any atom is 0.245 e. The van der Waals surface area contributed by atoms with E-state index in [4.69, 9.17) is 18.0 Å². The minimum Gasteiger partial charge on any atom is -0.388 e. The van der Waals surface area contributed by atoms with Crippen LogP contribution in [0, 0.1) is 0 Å². The van der Waals surface area contributed by atoms with E-state index in [1.807, 2.05) is 13.8 Å². The first kappa shape index (κ1) is 15.3. The van der Waals surface area contributed by atoms with Crippen LogP contribution in [-0.2, 0) is 10.0 Å². The summed E-state index contributed by atoms with van der Waals surface area (Å²) in [5, 5.41) is 0. The number of hydrogen-bond acceptors (Lipinski definition) is 4. The fourth-order valence-electron chi connectivity index (χ4n) is 2.67. The zero-order valence-corrected chi connectivity index (χ0v) is 13.2. The van der Waals surface area contributed by atoms with Crippen molar-refractivity contribution in [3.63, 3.8) is 0 Å². The van der Waals surface area contributed by atoms with Gasteiger partial charge in [-0.2, -0.15) is 4.31 Å². The number of thiocarbonyl (C=S) groups is 1. The van der Waals surface area contributed by atoms with Gasteiger partial charge in [0.15, 0.2) is 0 Å². The smallest absolute Gasteiger partial charge is 0.245 e. The van der Waals surface area contributed by atoms with Crippen molar-refractivity contribution < 1.29 is 8.42 Å². The summed E-state index contributed by atoms with van der Waals surface area (Å²) in [5.74, 6) is 0. The SMILES string of the molecule is CC1CCCC(C)N1S(=O)(=O)c1ccc(C(N)=S)nc1. The topological polar surface area (TPSA) is 76.3 Å². The molecule has 1 aromatic rings. The molecule has 20 heavy (non-hydrogen) atoms.